The van der Waals surface area contributed by atoms with Crippen molar-refractivity contribution in [3.63, 3.8) is 0 Å². The normalized spacial score (nSPS) is 18.9. The van der Waals surface area contributed by atoms with E-state index in [4.69, 9.17) is 9.47 Å². The van der Waals surface area contributed by atoms with Gasteiger partial charge in [0.25, 0.3) is 0 Å². The van der Waals surface area contributed by atoms with E-state index >= 15 is 4.39 Å². The molecule has 5 heterocycles. The molecule has 39 heavy (non-hydrogen) atoms. The van der Waals surface area contributed by atoms with Gasteiger partial charge in [-0.05, 0) is 24.6 Å². The Morgan fingerprint density at radius 3 is 2.85 bits per heavy atom. The topological polar surface area (TPSA) is 133 Å². The number of halogens is 3. The monoisotopic (exact) mass is 556 g/mol. The molecular weight excluding hydrogens is 537 g/mol. The van der Waals surface area contributed by atoms with Gasteiger partial charge in [0.2, 0.25) is 0 Å². The number of nitriles is 1. The van der Waals surface area contributed by atoms with Gasteiger partial charge in [0.1, 0.15) is 29.4 Å². The van der Waals surface area contributed by atoms with Gasteiger partial charge in [0.15, 0.2) is 11.6 Å². The van der Waals surface area contributed by atoms with Crippen LogP contribution in [0.1, 0.15) is 23.1 Å². The largest absolute Gasteiger partial charge is 0.465 e. The predicted octanol–water partition coefficient (Wildman–Crippen LogP) is 4.60. The van der Waals surface area contributed by atoms with Crippen molar-refractivity contribution in [1.29, 1.82) is 5.26 Å². The van der Waals surface area contributed by atoms with E-state index in [-0.39, 0.29) is 69.3 Å². The summed E-state index contributed by atoms with van der Waals surface area (Å²) in [6.45, 7) is 0.580. The predicted molar refractivity (Wildman–Crippen MR) is 134 cm³/mol. The molecule has 3 aromatic heterocycles. The Balaban J connectivity index is 1.51. The zero-order valence-corrected chi connectivity index (χ0v) is 21.1. The fraction of sp³-hybridized carbons (Fsp3) is 0.320. The number of alkyl halides is 1. The average Bonchev–Trinajstić information content (AvgIpc) is 3.60. The number of carboxylic acid groups (broad SMARTS) is 1. The third-order valence-electron chi connectivity index (χ3n) is 6.96. The first-order valence-electron chi connectivity index (χ1n) is 11.8. The summed E-state index contributed by atoms with van der Waals surface area (Å²) in [5.41, 5.74) is 0.727. The van der Waals surface area contributed by atoms with Crippen LogP contribution in [0.3, 0.4) is 0 Å². The Labute approximate surface area is 222 Å². The fourth-order valence-electron chi connectivity index (χ4n) is 5.14. The molecule has 10 nitrogen and oxygen atoms in total. The van der Waals surface area contributed by atoms with E-state index in [2.05, 4.69) is 20.3 Å². The smallest absolute Gasteiger partial charge is 0.409 e. The number of hydrogen-bond donors (Lipinski definition) is 2. The summed E-state index contributed by atoms with van der Waals surface area (Å²) in [6, 6.07) is 1.62. The van der Waals surface area contributed by atoms with Crippen LogP contribution in [0, 0.1) is 23.0 Å². The molecule has 1 amide bonds. The Morgan fingerprint density at radius 1 is 1.33 bits per heavy atom. The first-order chi connectivity index (χ1) is 18.8. The van der Waals surface area contributed by atoms with Gasteiger partial charge in [0.05, 0.1) is 35.4 Å². The van der Waals surface area contributed by atoms with Crippen LogP contribution in [-0.4, -0.2) is 63.5 Å². The third-order valence-corrected chi connectivity index (χ3v) is 8.07. The molecule has 0 unspecified atom stereocenters. The number of nitrogens with zero attached hydrogens (tertiary/aromatic N) is 5. The molecule has 2 aliphatic rings. The standard InChI is InChI=1S/C25H19F3N6O4S/c1-34-6-10(26)2-11(34)7-38-24-31-4-13-14-8-37-9-15(14)17(19(28)20(13)32-24)21-18-12(3-29)23(33-25(35)36)39-22(18)16(27)5-30-21/h4-5,10-11,33H,2,6-9H2,1H3,(H,35,36)/t10-,11+/m1/s1. The Hall–Kier alpha value is -4.06. The first kappa shape index (κ1) is 25.2. The number of pyridine rings is 1. The highest BCUT2D eigenvalue weighted by molar-refractivity contribution is 7.23. The zero-order valence-electron chi connectivity index (χ0n) is 20.3. The van der Waals surface area contributed by atoms with Crippen molar-refractivity contribution in [3.8, 4) is 23.3 Å². The number of ether oxygens (including phenoxy) is 2. The van der Waals surface area contributed by atoms with Crippen LogP contribution in [0.2, 0.25) is 0 Å². The molecule has 0 saturated carbocycles. The van der Waals surface area contributed by atoms with E-state index in [0.717, 1.165) is 6.20 Å². The number of likely N-dealkylation sites (tertiary alicyclic amines) is 1. The molecule has 200 valence electrons. The van der Waals surface area contributed by atoms with Crippen molar-refractivity contribution in [2.75, 3.05) is 25.5 Å². The van der Waals surface area contributed by atoms with Crippen molar-refractivity contribution < 1.29 is 32.5 Å². The van der Waals surface area contributed by atoms with Gasteiger partial charge < -0.3 is 14.6 Å². The summed E-state index contributed by atoms with van der Waals surface area (Å²) >= 11 is 0.717. The summed E-state index contributed by atoms with van der Waals surface area (Å²) in [5, 5.41) is 21.4. The highest BCUT2D eigenvalue weighted by Crippen LogP contribution is 2.45. The molecule has 6 rings (SSSR count). The molecule has 2 N–H and O–H groups in total. The summed E-state index contributed by atoms with van der Waals surface area (Å²) in [6.07, 6.45) is 0.249. The van der Waals surface area contributed by atoms with Crippen molar-refractivity contribution in [2.45, 2.75) is 31.8 Å². The molecule has 1 saturated heterocycles. The highest BCUT2D eigenvalue weighted by Gasteiger charge is 2.32. The van der Waals surface area contributed by atoms with Crippen LogP contribution >= 0.6 is 11.3 Å². The van der Waals surface area contributed by atoms with Crippen molar-refractivity contribution in [1.82, 2.24) is 19.9 Å². The molecule has 14 heteroatoms. The number of nitrogens with one attached hydrogen (secondary N) is 1. The molecule has 2 aliphatic heterocycles. The van der Waals surface area contributed by atoms with Gasteiger partial charge in [-0.25, -0.2) is 22.9 Å². The number of amides is 1. The number of carbonyl (C=O) groups is 1. The van der Waals surface area contributed by atoms with E-state index in [0.29, 0.717) is 40.8 Å². The second-order valence-electron chi connectivity index (χ2n) is 9.30. The Morgan fingerprint density at radius 2 is 2.13 bits per heavy atom. The number of fused-ring (bicyclic) bond motifs is 4. The van der Waals surface area contributed by atoms with Crippen LogP contribution in [0.15, 0.2) is 12.4 Å². The average molecular weight is 557 g/mol. The lowest BCUT2D eigenvalue weighted by atomic mass is 9.94. The number of rotatable bonds is 5. The number of aromatic nitrogens is 3. The number of hydrogen-bond acceptors (Lipinski definition) is 9. The summed E-state index contributed by atoms with van der Waals surface area (Å²) in [5.74, 6) is -1.58. The highest BCUT2D eigenvalue weighted by atomic mass is 32.1. The van der Waals surface area contributed by atoms with Crippen LogP contribution in [0.5, 0.6) is 6.01 Å². The number of thiophene rings is 1. The van der Waals surface area contributed by atoms with Gasteiger partial charge in [-0.15, -0.1) is 11.3 Å². The van der Waals surface area contributed by atoms with E-state index in [1.54, 1.807) is 7.05 Å². The molecule has 4 aromatic rings. The van der Waals surface area contributed by atoms with E-state index < -0.39 is 23.9 Å². The molecule has 2 atom stereocenters. The molecule has 0 bridgehead atoms. The van der Waals surface area contributed by atoms with Gasteiger partial charge in [-0.3, -0.25) is 15.2 Å². The lowest BCUT2D eigenvalue weighted by molar-refractivity contribution is 0.135. The minimum absolute atomic E-state index is 0.0193. The minimum atomic E-state index is -1.44. The summed E-state index contributed by atoms with van der Waals surface area (Å²) < 4.78 is 56.1. The van der Waals surface area contributed by atoms with E-state index in [9.17, 15) is 23.9 Å². The molecular formula is C25H19F3N6O4S. The Bertz CT molecular complexity index is 1710. The van der Waals surface area contributed by atoms with Crippen LogP contribution < -0.4 is 10.1 Å². The van der Waals surface area contributed by atoms with Crippen molar-refractivity contribution in [3.05, 3.63) is 40.7 Å². The molecule has 0 radical (unpaired) electrons. The van der Waals surface area contributed by atoms with Gasteiger partial charge in [-0.1, -0.05) is 0 Å². The minimum Gasteiger partial charge on any atom is -0.465 e. The number of anilines is 1. The molecule has 1 aromatic carbocycles. The van der Waals surface area contributed by atoms with Crippen molar-refractivity contribution >= 4 is 43.4 Å². The Kier molecular flexibility index (Phi) is 6.21. The van der Waals surface area contributed by atoms with Crippen LogP contribution in [0.4, 0.5) is 23.0 Å². The van der Waals surface area contributed by atoms with Gasteiger partial charge in [0, 0.05) is 35.1 Å². The third kappa shape index (κ3) is 4.19. The van der Waals surface area contributed by atoms with E-state index in [1.807, 2.05) is 11.0 Å². The summed E-state index contributed by atoms with van der Waals surface area (Å²) in [7, 11) is 1.79. The SMILES string of the molecule is CN1C[C@H](F)C[C@H]1COc1ncc2c3c(c(-c4ncc(F)c5sc(NC(=O)O)c(C#N)c45)c(F)c2n1)COC3. The number of benzene rings is 1. The maximum Gasteiger partial charge on any atom is 0.409 e. The maximum absolute atomic E-state index is 16.3. The number of likely N-dealkylation sites (N-methyl/N-ethyl adjacent to an activating group) is 1. The van der Waals surface area contributed by atoms with E-state index in [1.165, 1.54) is 6.20 Å². The zero-order chi connectivity index (χ0) is 27.4. The molecule has 1 fully saturated rings. The van der Waals surface area contributed by atoms with Crippen molar-refractivity contribution in [2.24, 2.45) is 0 Å². The second kappa shape index (κ2) is 9.60. The molecule has 0 aliphatic carbocycles. The lowest BCUT2D eigenvalue weighted by Crippen LogP contribution is -2.30. The fourth-order valence-corrected chi connectivity index (χ4v) is 6.19. The van der Waals surface area contributed by atoms with Crippen LogP contribution in [0.25, 0.3) is 32.2 Å². The van der Waals surface area contributed by atoms with Gasteiger partial charge >= 0.3 is 12.1 Å². The summed E-state index contributed by atoms with van der Waals surface area (Å²) in [4.78, 5) is 25.8. The quantitative estimate of drug-likeness (QED) is 0.362. The maximum atomic E-state index is 16.3. The van der Waals surface area contributed by atoms with Crippen LogP contribution in [-0.2, 0) is 18.0 Å². The lowest BCUT2D eigenvalue weighted by Gasteiger charge is -2.18. The van der Waals surface area contributed by atoms with Gasteiger partial charge in [-0.2, -0.15) is 10.2 Å². The second-order valence-corrected chi connectivity index (χ2v) is 10.3. The molecule has 0 spiro atoms. The first-order valence-corrected chi connectivity index (χ1v) is 12.6.